The molecule has 27 heavy (non-hydrogen) atoms. The van der Waals surface area contributed by atoms with Crippen LogP contribution in [0.5, 0.6) is 5.75 Å². The van der Waals surface area contributed by atoms with E-state index in [2.05, 4.69) is 10.3 Å². The van der Waals surface area contributed by atoms with Gasteiger partial charge in [-0.3, -0.25) is 9.78 Å². The number of fused-ring (bicyclic) bond motifs is 1. The molecular weight excluding hydrogens is 338 g/mol. The average molecular weight is 363 g/mol. The predicted molar refractivity (Wildman–Crippen MR) is 109 cm³/mol. The summed E-state index contributed by atoms with van der Waals surface area (Å²) in [5.41, 5.74) is 3.16. The number of hydrogen-bond acceptors (Lipinski definition) is 4. The largest absolute Gasteiger partial charge is 0.505 e. The molecule has 0 saturated heterocycles. The number of aromatic hydroxyl groups is 1. The Kier molecular flexibility index (Phi) is 5.60. The molecule has 0 radical (unpaired) electrons. The van der Waals surface area contributed by atoms with Gasteiger partial charge in [-0.05, 0) is 30.2 Å². The number of nitrogens with zero attached hydrogens (tertiary/aromatic N) is 2. The first-order chi connectivity index (χ1) is 13.0. The van der Waals surface area contributed by atoms with Gasteiger partial charge in [0.25, 0.3) is 0 Å². The fourth-order valence-electron chi connectivity index (χ4n) is 3.14. The van der Waals surface area contributed by atoms with Gasteiger partial charge in [-0.15, -0.1) is 0 Å². The molecule has 5 nitrogen and oxygen atoms in total. The molecule has 3 aromatic rings. The van der Waals surface area contributed by atoms with Gasteiger partial charge in [0.2, 0.25) is 5.91 Å². The fraction of sp³-hybridized carbons (Fsp3) is 0.273. The van der Waals surface area contributed by atoms with Crippen LogP contribution in [-0.2, 0) is 4.79 Å². The summed E-state index contributed by atoms with van der Waals surface area (Å²) in [6, 6.07) is 15.1. The third-order valence-electron chi connectivity index (χ3n) is 4.62. The molecule has 0 bridgehead atoms. The number of phenols is 1. The van der Waals surface area contributed by atoms with Crippen molar-refractivity contribution in [3.05, 3.63) is 65.9 Å². The molecule has 1 amide bonds. The minimum atomic E-state index is -0.438. The zero-order valence-electron chi connectivity index (χ0n) is 15.9. The molecule has 0 spiro atoms. The number of aromatic nitrogens is 1. The molecule has 1 atom stereocenters. The van der Waals surface area contributed by atoms with Gasteiger partial charge in [-0.2, -0.15) is 0 Å². The van der Waals surface area contributed by atoms with E-state index in [1.54, 1.807) is 6.20 Å². The molecule has 2 aromatic carbocycles. The molecule has 0 fully saturated rings. The van der Waals surface area contributed by atoms with E-state index in [0.29, 0.717) is 17.5 Å². The quantitative estimate of drug-likeness (QED) is 0.694. The Morgan fingerprint density at radius 3 is 2.56 bits per heavy atom. The van der Waals surface area contributed by atoms with Gasteiger partial charge >= 0.3 is 0 Å². The molecule has 5 heteroatoms. The van der Waals surface area contributed by atoms with Crippen molar-refractivity contribution in [2.75, 3.05) is 19.0 Å². The molecular formula is C22H25N3O2. The summed E-state index contributed by atoms with van der Waals surface area (Å²) >= 11 is 0. The smallest absolute Gasteiger partial charge is 0.220 e. The lowest BCUT2D eigenvalue weighted by molar-refractivity contribution is -0.121. The van der Waals surface area contributed by atoms with Crippen LogP contribution in [0.3, 0.4) is 0 Å². The Morgan fingerprint density at radius 2 is 1.89 bits per heavy atom. The summed E-state index contributed by atoms with van der Waals surface area (Å²) in [4.78, 5) is 18.7. The normalized spacial score (nSPS) is 12.0. The number of rotatable bonds is 6. The van der Waals surface area contributed by atoms with Gasteiger partial charge in [-0.25, -0.2) is 0 Å². The van der Waals surface area contributed by atoms with Crippen LogP contribution in [0, 0.1) is 0 Å². The summed E-state index contributed by atoms with van der Waals surface area (Å²) in [7, 11) is 3.96. The second-order valence-electron chi connectivity index (χ2n) is 6.82. The first-order valence-electron chi connectivity index (χ1n) is 9.14. The number of benzene rings is 2. The second kappa shape index (κ2) is 8.08. The van der Waals surface area contributed by atoms with Crippen LogP contribution in [0.1, 0.15) is 36.9 Å². The van der Waals surface area contributed by atoms with Gasteiger partial charge in [-0.1, -0.05) is 37.3 Å². The standard InChI is InChI=1S/C22H25N3O2/c1-4-6-19(26)24-20(16-8-11-17(12-9-16)25(2)3)18-13-10-15-7-5-14-23-21(15)22(18)27/h5,7-14,20,27H,4,6H2,1-3H3,(H,24,26)/t20-/m0/s1. The number of phenolic OH excluding ortho intramolecular Hbond substituents is 1. The first kappa shape index (κ1) is 18.7. The van der Waals surface area contributed by atoms with Crippen LogP contribution in [0.2, 0.25) is 0 Å². The van der Waals surface area contributed by atoms with Crippen molar-refractivity contribution in [2.24, 2.45) is 0 Å². The molecule has 0 aliphatic rings. The van der Waals surface area contributed by atoms with Crippen molar-refractivity contribution in [3.8, 4) is 5.75 Å². The van der Waals surface area contributed by atoms with Crippen LogP contribution >= 0.6 is 0 Å². The molecule has 0 aliphatic heterocycles. The van der Waals surface area contributed by atoms with Crippen LogP contribution in [0.15, 0.2) is 54.7 Å². The predicted octanol–water partition coefficient (Wildman–Crippen LogP) is 4.01. The van der Waals surface area contributed by atoms with E-state index in [4.69, 9.17) is 0 Å². The highest BCUT2D eigenvalue weighted by molar-refractivity contribution is 5.86. The third kappa shape index (κ3) is 4.03. The lowest BCUT2D eigenvalue weighted by atomic mass is 9.95. The van der Waals surface area contributed by atoms with Crippen molar-refractivity contribution in [1.82, 2.24) is 10.3 Å². The van der Waals surface area contributed by atoms with Crippen molar-refractivity contribution in [2.45, 2.75) is 25.8 Å². The van der Waals surface area contributed by atoms with Crippen LogP contribution in [0.25, 0.3) is 10.9 Å². The number of carbonyl (C=O) groups excluding carboxylic acids is 1. The summed E-state index contributed by atoms with van der Waals surface area (Å²) in [5, 5.41) is 14.8. The molecule has 2 N–H and O–H groups in total. The Labute approximate surface area is 159 Å². The second-order valence-corrected chi connectivity index (χ2v) is 6.82. The first-order valence-corrected chi connectivity index (χ1v) is 9.14. The minimum absolute atomic E-state index is 0.0419. The fourth-order valence-corrected chi connectivity index (χ4v) is 3.14. The maximum atomic E-state index is 12.3. The van der Waals surface area contributed by atoms with E-state index in [1.165, 1.54) is 0 Å². The molecule has 0 saturated carbocycles. The maximum absolute atomic E-state index is 12.3. The van der Waals surface area contributed by atoms with Gasteiger partial charge in [0.15, 0.2) is 0 Å². The Hall–Kier alpha value is -3.08. The number of hydrogen-bond donors (Lipinski definition) is 2. The molecule has 1 heterocycles. The van der Waals surface area contributed by atoms with E-state index in [9.17, 15) is 9.90 Å². The van der Waals surface area contributed by atoms with Crippen molar-refractivity contribution in [3.63, 3.8) is 0 Å². The van der Waals surface area contributed by atoms with E-state index >= 15 is 0 Å². The topological polar surface area (TPSA) is 65.5 Å². The van der Waals surface area contributed by atoms with Crippen molar-refractivity contribution >= 4 is 22.5 Å². The highest BCUT2D eigenvalue weighted by atomic mass is 16.3. The Balaban J connectivity index is 2.06. The maximum Gasteiger partial charge on any atom is 0.220 e. The van der Waals surface area contributed by atoms with E-state index in [0.717, 1.165) is 23.1 Å². The molecule has 0 unspecified atom stereocenters. The molecule has 0 aliphatic carbocycles. The summed E-state index contributed by atoms with van der Waals surface area (Å²) in [6.45, 7) is 1.97. The van der Waals surface area contributed by atoms with Gasteiger partial charge in [0.1, 0.15) is 11.3 Å². The van der Waals surface area contributed by atoms with Gasteiger partial charge in [0, 0.05) is 43.4 Å². The van der Waals surface area contributed by atoms with Crippen molar-refractivity contribution < 1.29 is 9.90 Å². The van der Waals surface area contributed by atoms with Crippen LogP contribution < -0.4 is 10.2 Å². The summed E-state index contributed by atoms with van der Waals surface area (Å²) in [6.07, 6.45) is 2.87. The van der Waals surface area contributed by atoms with Crippen LogP contribution in [0.4, 0.5) is 5.69 Å². The average Bonchev–Trinajstić information content (AvgIpc) is 2.67. The zero-order valence-corrected chi connectivity index (χ0v) is 15.9. The highest BCUT2D eigenvalue weighted by Crippen LogP contribution is 2.35. The third-order valence-corrected chi connectivity index (χ3v) is 4.62. The Morgan fingerprint density at radius 1 is 1.15 bits per heavy atom. The van der Waals surface area contributed by atoms with E-state index in [1.807, 2.05) is 74.4 Å². The lowest BCUT2D eigenvalue weighted by Gasteiger charge is -2.22. The molecule has 140 valence electrons. The Bertz CT molecular complexity index is 936. The van der Waals surface area contributed by atoms with Crippen LogP contribution in [-0.4, -0.2) is 30.1 Å². The number of pyridine rings is 1. The lowest BCUT2D eigenvalue weighted by Crippen LogP contribution is -2.29. The van der Waals surface area contributed by atoms with Gasteiger partial charge in [0.05, 0.1) is 6.04 Å². The summed E-state index contributed by atoms with van der Waals surface area (Å²) < 4.78 is 0. The molecule has 1 aromatic heterocycles. The number of carbonyl (C=O) groups is 1. The highest BCUT2D eigenvalue weighted by Gasteiger charge is 2.21. The van der Waals surface area contributed by atoms with E-state index < -0.39 is 6.04 Å². The van der Waals surface area contributed by atoms with Gasteiger partial charge < -0.3 is 15.3 Å². The number of anilines is 1. The number of nitrogens with one attached hydrogen (secondary N) is 1. The SMILES string of the molecule is CCCC(=O)N[C@@H](c1ccc(N(C)C)cc1)c1ccc2cccnc2c1O. The number of amides is 1. The monoisotopic (exact) mass is 363 g/mol. The minimum Gasteiger partial charge on any atom is -0.505 e. The zero-order chi connectivity index (χ0) is 19.4. The van der Waals surface area contributed by atoms with Crippen molar-refractivity contribution in [1.29, 1.82) is 0 Å². The molecule has 3 rings (SSSR count). The summed E-state index contributed by atoms with van der Waals surface area (Å²) in [5.74, 6) is 0.0614. The van der Waals surface area contributed by atoms with E-state index in [-0.39, 0.29) is 11.7 Å².